The maximum Gasteiger partial charge on any atom is 0.156 e. The molecule has 0 atom stereocenters. The quantitative estimate of drug-likeness (QED) is 0.423. The Morgan fingerprint density at radius 3 is 1.34 bits per heavy atom. The molecular weight excluding hydrogens is 452 g/mol. The van der Waals surface area contributed by atoms with Crippen LogP contribution >= 0.6 is 0 Å². The van der Waals surface area contributed by atoms with Gasteiger partial charge in [-0.05, 0) is 47.2 Å². The van der Waals surface area contributed by atoms with E-state index in [1.807, 2.05) is 36.4 Å². The Kier molecular flexibility index (Phi) is 7.61. The number of hydrogen-bond acceptors (Lipinski definition) is 4. The van der Waals surface area contributed by atoms with Gasteiger partial charge >= 0.3 is 0 Å². The van der Waals surface area contributed by atoms with E-state index in [0.29, 0.717) is 12.0 Å². The Morgan fingerprint density at radius 2 is 1.03 bits per heavy atom. The Balaban J connectivity index is 2.07. The van der Waals surface area contributed by atoms with E-state index in [9.17, 15) is 5.11 Å². The molecule has 4 nitrogen and oxygen atoms in total. The summed E-state index contributed by atoms with van der Waals surface area (Å²) in [5, 5.41) is 13.6. The molecule has 3 aromatic carbocycles. The number of aromatic hydroxyl groups is 1. The Hall–Kier alpha value is -2.92. The van der Waals surface area contributed by atoms with Crippen LogP contribution in [-0.4, -0.2) is 33.6 Å². The van der Waals surface area contributed by atoms with Gasteiger partial charge < -0.3 is 19.3 Å². The molecule has 0 unspecified atom stereocenters. The van der Waals surface area contributed by atoms with E-state index in [2.05, 4.69) is 72.4 Å². The van der Waals surface area contributed by atoms with E-state index < -0.39 is 8.07 Å². The highest BCUT2D eigenvalue weighted by Gasteiger charge is 2.34. The largest absolute Gasteiger partial charge is 0.507 e. The Morgan fingerprint density at radius 1 is 0.657 bits per heavy atom. The molecule has 0 fully saturated rings. The van der Waals surface area contributed by atoms with E-state index in [1.54, 1.807) is 14.2 Å². The molecule has 0 saturated carbocycles. The van der Waals surface area contributed by atoms with Gasteiger partial charge in [-0.15, -0.1) is 0 Å². The lowest BCUT2D eigenvalue weighted by Crippen LogP contribution is -2.60. The summed E-state index contributed by atoms with van der Waals surface area (Å²) in [6.45, 7) is 15.0. The van der Waals surface area contributed by atoms with Crippen LogP contribution in [0.1, 0.15) is 52.7 Å². The third kappa shape index (κ3) is 5.84. The van der Waals surface area contributed by atoms with Crippen molar-refractivity contribution in [2.75, 3.05) is 20.4 Å². The van der Waals surface area contributed by atoms with Gasteiger partial charge in [0.1, 0.15) is 23.0 Å². The smallest absolute Gasteiger partial charge is 0.156 e. The second-order valence-electron chi connectivity index (χ2n) is 11.4. The number of methoxy groups -OCH3 is 2. The molecule has 0 aliphatic rings. The summed E-state index contributed by atoms with van der Waals surface area (Å²) in [7, 11) is 1.07. The predicted octanol–water partition coefficient (Wildman–Crippen LogP) is 5.82. The molecular formula is C30H40O4Si. The average molecular weight is 493 g/mol. The fourth-order valence-corrected chi connectivity index (χ4v) is 7.24. The van der Waals surface area contributed by atoms with Crippen molar-refractivity contribution in [3.8, 4) is 23.0 Å². The van der Waals surface area contributed by atoms with Gasteiger partial charge in [-0.25, -0.2) is 0 Å². The van der Waals surface area contributed by atoms with E-state index >= 15 is 0 Å². The molecule has 1 N–H and O–H groups in total. The van der Waals surface area contributed by atoms with E-state index in [1.165, 1.54) is 10.4 Å². The van der Waals surface area contributed by atoms with Crippen LogP contribution < -0.4 is 24.6 Å². The molecule has 35 heavy (non-hydrogen) atoms. The normalized spacial score (nSPS) is 12.4. The summed E-state index contributed by atoms with van der Waals surface area (Å²) in [6, 6.07) is 20.7. The molecule has 3 aromatic rings. The fourth-order valence-electron chi connectivity index (χ4n) is 4.31. The second kappa shape index (κ2) is 9.98. The molecule has 188 valence electrons. The molecule has 0 aliphatic carbocycles. The minimum atomic E-state index is -2.29. The van der Waals surface area contributed by atoms with Crippen LogP contribution in [0.5, 0.6) is 23.0 Å². The second-order valence-corrected chi connectivity index (χ2v) is 15.6. The summed E-state index contributed by atoms with van der Waals surface area (Å²) in [5.41, 5.74) is 1.38. The molecule has 0 amide bonds. The predicted molar refractivity (Wildman–Crippen MR) is 148 cm³/mol. The van der Waals surface area contributed by atoms with Crippen LogP contribution in [0, 0.1) is 0 Å². The Labute approximate surface area is 211 Å². The van der Waals surface area contributed by atoms with Crippen LogP contribution in [0.3, 0.4) is 0 Å². The first-order valence-corrected chi connectivity index (χ1v) is 14.8. The van der Waals surface area contributed by atoms with Crippen LogP contribution in [0.15, 0.2) is 60.7 Å². The summed E-state index contributed by atoms with van der Waals surface area (Å²) >= 11 is 0. The van der Waals surface area contributed by atoms with Crippen molar-refractivity contribution in [3.05, 3.63) is 71.8 Å². The van der Waals surface area contributed by atoms with Crippen LogP contribution in [0.4, 0.5) is 0 Å². The maximum absolute atomic E-state index is 11.1. The lowest BCUT2D eigenvalue weighted by Gasteiger charge is -2.31. The molecule has 0 saturated heterocycles. The van der Waals surface area contributed by atoms with Gasteiger partial charge in [0.15, 0.2) is 8.07 Å². The molecule has 0 radical (unpaired) electrons. The van der Waals surface area contributed by atoms with Gasteiger partial charge in [0.05, 0.1) is 20.4 Å². The maximum atomic E-state index is 11.1. The van der Waals surface area contributed by atoms with Crippen molar-refractivity contribution >= 4 is 18.4 Å². The monoisotopic (exact) mass is 492 g/mol. The minimum Gasteiger partial charge on any atom is -0.507 e. The minimum absolute atomic E-state index is 0.212. The summed E-state index contributed by atoms with van der Waals surface area (Å²) < 4.78 is 17.4. The summed E-state index contributed by atoms with van der Waals surface area (Å²) in [6.07, 6.45) is 0.559. The van der Waals surface area contributed by atoms with E-state index in [-0.39, 0.29) is 10.8 Å². The number of phenols is 1. The van der Waals surface area contributed by atoms with Gasteiger partial charge in [0.2, 0.25) is 0 Å². The summed E-state index contributed by atoms with van der Waals surface area (Å²) in [5.74, 6) is 2.83. The van der Waals surface area contributed by atoms with Gasteiger partial charge in [-0.1, -0.05) is 82.7 Å². The lowest BCUT2D eigenvalue weighted by atomic mass is 9.79. The molecule has 3 rings (SSSR count). The molecule has 0 spiro atoms. The number of ether oxygens (including phenoxy) is 3. The zero-order valence-electron chi connectivity index (χ0n) is 22.7. The third-order valence-electron chi connectivity index (χ3n) is 6.68. The molecule has 0 heterocycles. The Bertz CT molecular complexity index is 1050. The van der Waals surface area contributed by atoms with Gasteiger partial charge in [0, 0.05) is 11.1 Å². The highest BCUT2D eigenvalue weighted by Crippen LogP contribution is 2.41. The highest BCUT2D eigenvalue weighted by molar-refractivity contribution is 7.01. The molecule has 0 aromatic heterocycles. The van der Waals surface area contributed by atoms with E-state index in [0.717, 1.165) is 28.4 Å². The SMILES string of the molecule is COc1ccc([Si](C)(COc2cc(C(C)(C)C)c(O)c(C(C)(C)C)c2)c2ccc(OC)cc2)cc1. The fraction of sp³-hybridized carbons (Fsp3) is 0.400. The number of rotatable bonds is 7. The highest BCUT2D eigenvalue weighted by atomic mass is 28.3. The zero-order valence-corrected chi connectivity index (χ0v) is 23.7. The average Bonchev–Trinajstić information content (AvgIpc) is 2.81. The molecule has 0 bridgehead atoms. The van der Waals surface area contributed by atoms with Crippen molar-refractivity contribution < 1.29 is 19.3 Å². The van der Waals surface area contributed by atoms with Crippen molar-refractivity contribution in [2.45, 2.75) is 58.9 Å². The topological polar surface area (TPSA) is 47.9 Å². The lowest BCUT2D eigenvalue weighted by molar-refractivity contribution is 0.370. The van der Waals surface area contributed by atoms with Gasteiger partial charge in [0.25, 0.3) is 0 Å². The number of phenolic OH excluding ortho intramolecular Hbond substituents is 1. The number of benzene rings is 3. The van der Waals surface area contributed by atoms with Crippen LogP contribution in [0.25, 0.3) is 0 Å². The first kappa shape index (κ1) is 26.7. The third-order valence-corrected chi connectivity index (χ3v) is 10.6. The first-order chi connectivity index (χ1) is 16.3. The molecule has 0 aliphatic heterocycles. The van der Waals surface area contributed by atoms with Crippen molar-refractivity contribution in [2.24, 2.45) is 0 Å². The van der Waals surface area contributed by atoms with Crippen LogP contribution in [-0.2, 0) is 10.8 Å². The zero-order chi connectivity index (χ0) is 26.0. The van der Waals surface area contributed by atoms with Crippen molar-refractivity contribution in [1.29, 1.82) is 0 Å². The van der Waals surface area contributed by atoms with Crippen molar-refractivity contribution in [3.63, 3.8) is 0 Å². The molecule has 5 heteroatoms. The van der Waals surface area contributed by atoms with E-state index in [4.69, 9.17) is 14.2 Å². The van der Waals surface area contributed by atoms with Crippen LogP contribution in [0.2, 0.25) is 6.55 Å². The van der Waals surface area contributed by atoms with Crippen molar-refractivity contribution in [1.82, 2.24) is 0 Å². The van der Waals surface area contributed by atoms with Gasteiger partial charge in [-0.3, -0.25) is 0 Å². The van der Waals surface area contributed by atoms with Gasteiger partial charge in [-0.2, -0.15) is 0 Å². The first-order valence-electron chi connectivity index (χ1n) is 12.1. The summed E-state index contributed by atoms with van der Waals surface area (Å²) in [4.78, 5) is 0. The standard InChI is InChI=1S/C30H40O4Si/c1-29(2,3)26-18-23(19-27(28(26)31)30(4,5)6)34-20-35(9,24-14-10-21(32-7)11-15-24)25-16-12-22(33-8)13-17-25/h10-19,31H,20H2,1-9H3. The number of hydrogen-bond donors (Lipinski definition) is 1.